The molecule has 2 N–H and O–H groups in total. The molecule has 0 aromatic heterocycles. The van der Waals surface area contributed by atoms with E-state index >= 15 is 0 Å². The lowest BCUT2D eigenvalue weighted by Gasteiger charge is -2.22. The minimum absolute atomic E-state index is 0.0446. The molecule has 0 aliphatic carbocycles. The predicted molar refractivity (Wildman–Crippen MR) is 175 cm³/mol. The highest BCUT2D eigenvalue weighted by molar-refractivity contribution is 5.90. The third-order valence-electron chi connectivity index (χ3n) is 9.48. The molecule has 5 nitrogen and oxygen atoms in total. The van der Waals surface area contributed by atoms with Crippen LogP contribution in [-0.2, 0) is 14.3 Å². The summed E-state index contributed by atoms with van der Waals surface area (Å²) in [4.78, 5) is 11.6. The molecular formula is C37H68O5. The summed E-state index contributed by atoms with van der Waals surface area (Å²) in [6.45, 7) is 4.19. The van der Waals surface area contributed by atoms with Crippen LogP contribution >= 0.6 is 0 Å². The lowest BCUT2D eigenvalue weighted by Crippen LogP contribution is -2.31. The van der Waals surface area contributed by atoms with E-state index in [9.17, 15) is 15.0 Å². The van der Waals surface area contributed by atoms with E-state index in [0.29, 0.717) is 0 Å². The largest absolute Gasteiger partial charge is 0.455 e. The number of aliphatic hydroxyl groups is 2. The highest BCUT2D eigenvalue weighted by Crippen LogP contribution is 2.28. The molecule has 1 fully saturated rings. The van der Waals surface area contributed by atoms with Gasteiger partial charge in [0, 0.05) is 5.57 Å². The fourth-order valence-corrected chi connectivity index (χ4v) is 6.72. The first-order valence-corrected chi connectivity index (χ1v) is 18.4. The second kappa shape index (κ2) is 24.4. The highest BCUT2D eigenvalue weighted by Gasteiger charge is 2.34. The first kappa shape index (κ1) is 37.3. The number of ether oxygens (including phenoxy) is 2. The first-order chi connectivity index (χ1) is 20.5. The van der Waals surface area contributed by atoms with Crippen molar-refractivity contribution in [1.82, 2.24) is 0 Å². The Bertz CT molecular complexity index is 692. The minimum atomic E-state index is -0.390. The number of cyclic esters (lactones) is 1. The van der Waals surface area contributed by atoms with Crippen molar-refractivity contribution < 1.29 is 24.5 Å². The molecule has 0 amide bonds. The van der Waals surface area contributed by atoms with Crippen molar-refractivity contribution in [1.29, 1.82) is 0 Å². The van der Waals surface area contributed by atoms with Crippen molar-refractivity contribution in [3.63, 3.8) is 0 Å². The van der Waals surface area contributed by atoms with Crippen molar-refractivity contribution in [3.05, 3.63) is 11.6 Å². The number of unbranched alkanes of at least 4 members (excludes halogenated alkanes) is 20. The van der Waals surface area contributed by atoms with Crippen LogP contribution in [0.5, 0.6) is 0 Å². The number of hydrogen-bond donors (Lipinski definition) is 2. The standard InChI is InChI=1S/C37H68O5/c1-3-4-5-6-7-8-9-10-14-17-20-23-26-33(38)35-28-29-36(42-35)34(39)27-24-21-18-15-12-11-13-16-19-22-25-32-30-31(2)41-37(32)40/h30-31,33-36,38-39H,3-29H2,1-2H3/t31-,33+,34-,35+,36-/m0/s1. The predicted octanol–water partition coefficient (Wildman–Crippen LogP) is 9.90. The maximum absolute atomic E-state index is 11.6. The van der Waals surface area contributed by atoms with E-state index < -0.39 is 0 Å². The Morgan fingerprint density at radius 1 is 0.643 bits per heavy atom. The van der Waals surface area contributed by atoms with Gasteiger partial charge in [-0.2, -0.15) is 0 Å². The SMILES string of the molecule is CCCCCCCCCCCCCC[C@@H](O)[C@H]1CC[C@@H]([C@@H](O)CCCCCCCCCCCCC2=C[C@H](C)OC2=O)O1. The quantitative estimate of drug-likeness (QED) is 0.0698. The zero-order valence-corrected chi connectivity index (χ0v) is 27.7. The van der Waals surface area contributed by atoms with Gasteiger partial charge in [-0.25, -0.2) is 4.79 Å². The van der Waals surface area contributed by atoms with Crippen LogP contribution in [0.3, 0.4) is 0 Å². The van der Waals surface area contributed by atoms with Crippen LogP contribution in [0.25, 0.3) is 0 Å². The van der Waals surface area contributed by atoms with Gasteiger partial charge in [0.05, 0.1) is 24.4 Å². The Morgan fingerprint density at radius 3 is 1.40 bits per heavy atom. The van der Waals surface area contributed by atoms with Gasteiger partial charge in [0.2, 0.25) is 0 Å². The maximum atomic E-state index is 11.6. The smallest absolute Gasteiger partial charge is 0.334 e. The second-order valence-corrected chi connectivity index (χ2v) is 13.5. The third-order valence-corrected chi connectivity index (χ3v) is 9.48. The summed E-state index contributed by atoms with van der Waals surface area (Å²) in [5, 5.41) is 21.3. The molecule has 0 aromatic carbocycles. The van der Waals surface area contributed by atoms with Crippen LogP contribution in [-0.4, -0.2) is 46.7 Å². The van der Waals surface area contributed by atoms with E-state index in [1.165, 1.54) is 122 Å². The van der Waals surface area contributed by atoms with E-state index in [1.54, 1.807) is 0 Å². The van der Waals surface area contributed by atoms with Gasteiger partial charge in [-0.1, -0.05) is 142 Å². The monoisotopic (exact) mass is 593 g/mol. The van der Waals surface area contributed by atoms with Crippen molar-refractivity contribution in [2.24, 2.45) is 0 Å². The summed E-state index contributed by atoms with van der Waals surface area (Å²) in [5.74, 6) is -0.117. The fraction of sp³-hybridized carbons (Fsp3) is 0.919. The number of aliphatic hydroxyl groups excluding tert-OH is 2. The molecule has 2 aliphatic heterocycles. The Kier molecular flexibility index (Phi) is 21.7. The molecule has 2 rings (SSSR count). The van der Waals surface area contributed by atoms with Gasteiger partial charge in [-0.15, -0.1) is 0 Å². The zero-order chi connectivity index (χ0) is 30.3. The molecule has 0 bridgehead atoms. The van der Waals surface area contributed by atoms with Gasteiger partial charge < -0.3 is 19.7 Å². The Morgan fingerprint density at radius 2 is 1.02 bits per heavy atom. The lowest BCUT2D eigenvalue weighted by molar-refractivity contribution is -0.139. The summed E-state index contributed by atoms with van der Waals surface area (Å²) in [7, 11) is 0. The van der Waals surface area contributed by atoms with E-state index in [-0.39, 0.29) is 36.5 Å². The van der Waals surface area contributed by atoms with Gasteiger partial charge >= 0.3 is 5.97 Å². The van der Waals surface area contributed by atoms with Crippen LogP contribution in [0.4, 0.5) is 0 Å². The normalized spacial score (nSPS) is 22.0. The summed E-state index contributed by atoms with van der Waals surface area (Å²) in [6, 6.07) is 0. The summed E-state index contributed by atoms with van der Waals surface area (Å²) in [6.07, 6.45) is 33.4. The van der Waals surface area contributed by atoms with Crippen LogP contribution < -0.4 is 0 Å². The molecule has 0 spiro atoms. The molecule has 5 heteroatoms. The molecule has 246 valence electrons. The van der Waals surface area contributed by atoms with Gasteiger partial charge in [0.15, 0.2) is 0 Å². The highest BCUT2D eigenvalue weighted by atomic mass is 16.5. The Hall–Kier alpha value is -0.910. The average Bonchev–Trinajstić information content (AvgIpc) is 3.60. The summed E-state index contributed by atoms with van der Waals surface area (Å²) < 4.78 is 11.3. The molecule has 1 saturated heterocycles. The van der Waals surface area contributed by atoms with Crippen molar-refractivity contribution in [3.8, 4) is 0 Å². The van der Waals surface area contributed by atoms with Crippen molar-refractivity contribution in [2.45, 2.75) is 218 Å². The van der Waals surface area contributed by atoms with E-state index in [2.05, 4.69) is 6.92 Å². The third kappa shape index (κ3) is 17.4. The number of esters is 1. The molecular weight excluding hydrogens is 524 g/mol. The minimum Gasteiger partial charge on any atom is -0.455 e. The molecule has 0 aromatic rings. The topological polar surface area (TPSA) is 76.0 Å². The second-order valence-electron chi connectivity index (χ2n) is 13.5. The lowest BCUT2D eigenvalue weighted by atomic mass is 10.00. The van der Waals surface area contributed by atoms with Gasteiger partial charge in [0.25, 0.3) is 0 Å². The number of carbonyl (C=O) groups is 1. The fourth-order valence-electron chi connectivity index (χ4n) is 6.72. The van der Waals surface area contributed by atoms with E-state index in [0.717, 1.165) is 56.9 Å². The molecule has 0 unspecified atom stereocenters. The average molecular weight is 593 g/mol. The molecule has 42 heavy (non-hydrogen) atoms. The number of carbonyl (C=O) groups excluding carboxylic acids is 1. The zero-order valence-electron chi connectivity index (χ0n) is 27.7. The van der Waals surface area contributed by atoms with Gasteiger partial charge in [-0.3, -0.25) is 0 Å². The Labute approximate surface area is 259 Å². The van der Waals surface area contributed by atoms with Crippen LogP contribution in [0.2, 0.25) is 0 Å². The van der Waals surface area contributed by atoms with Crippen LogP contribution in [0.1, 0.15) is 187 Å². The van der Waals surface area contributed by atoms with Crippen molar-refractivity contribution in [2.75, 3.05) is 0 Å². The summed E-state index contributed by atoms with van der Waals surface area (Å²) >= 11 is 0. The summed E-state index contributed by atoms with van der Waals surface area (Å²) in [5.41, 5.74) is 0.870. The number of rotatable bonds is 28. The first-order valence-electron chi connectivity index (χ1n) is 18.4. The Balaban J connectivity index is 1.33. The maximum Gasteiger partial charge on any atom is 0.334 e. The molecule has 5 atom stereocenters. The molecule has 2 aliphatic rings. The van der Waals surface area contributed by atoms with Gasteiger partial charge in [-0.05, 0) is 51.5 Å². The van der Waals surface area contributed by atoms with E-state index in [1.807, 2.05) is 13.0 Å². The molecule has 0 saturated carbocycles. The van der Waals surface area contributed by atoms with Crippen molar-refractivity contribution >= 4 is 5.97 Å². The molecule has 0 radical (unpaired) electrons. The van der Waals surface area contributed by atoms with Crippen LogP contribution in [0, 0.1) is 0 Å². The molecule has 2 heterocycles. The van der Waals surface area contributed by atoms with Crippen LogP contribution in [0.15, 0.2) is 11.6 Å². The van der Waals surface area contributed by atoms with Gasteiger partial charge in [0.1, 0.15) is 6.10 Å². The number of hydrogen-bond acceptors (Lipinski definition) is 5. The van der Waals surface area contributed by atoms with E-state index in [4.69, 9.17) is 9.47 Å².